The minimum absolute atomic E-state index is 0.0836. The van der Waals surface area contributed by atoms with Crippen LogP contribution >= 0.6 is 0 Å². The highest BCUT2D eigenvalue weighted by Crippen LogP contribution is 2.30. The lowest BCUT2D eigenvalue weighted by Crippen LogP contribution is -2.42. The molecule has 1 N–H and O–H groups in total. The van der Waals surface area contributed by atoms with Crippen molar-refractivity contribution < 1.29 is 13.2 Å². The van der Waals surface area contributed by atoms with E-state index in [0.29, 0.717) is 29.8 Å². The molecule has 2 aliphatic rings. The molecule has 2 atom stereocenters. The minimum atomic E-state index is -3.47. The topological polar surface area (TPSA) is 66.5 Å². The van der Waals surface area contributed by atoms with Crippen LogP contribution in [0.4, 0.5) is 5.69 Å². The number of nitrogens with zero attached hydrogens (tertiary/aromatic N) is 1. The summed E-state index contributed by atoms with van der Waals surface area (Å²) in [6, 6.07) is 4.90. The van der Waals surface area contributed by atoms with Crippen LogP contribution in [0.3, 0.4) is 0 Å². The maximum absolute atomic E-state index is 12.8. The van der Waals surface area contributed by atoms with Crippen molar-refractivity contribution in [3.05, 3.63) is 23.8 Å². The fourth-order valence-electron chi connectivity index (χ4n) is 3.32. The summed E-state index contributed by atoms with van der Waals surface area (Å²) in [6.45, 7) is 5.31. The summed E-state index contributed by atoms with van der Waals surface area (Å²) in [5.74, 6) is 0.669. The molecule has 0 radical (unpaired) electrons. The molecule has 0 unspecified atom stereocenters. The zero-order chi connectivity index (χ0) is 15.2. The van der Waals surface area contributed by atoms with Crippen LogP contribution in [0.5, 0.6) is 0 Å². The molecule has 6 heteroatoms. The molecule has 21 heavy (non-hydrogen) atoms. The van der Waals surface area contributed by atoms with Crippen LogP contribution in [0.2, 0.25) is 0 Å². The van der Waals surface area contributed by atoms with Crippen molar-refractivity contribution in [3.8, 4) is 0 Å². The Balaban J connectivity index is 1.92. The van der Waals surface area contributed by atoms with Crippen LogP contribution in [-0.4, -0.2) is 31.7 Å². The lowest BCUT2D eigenvalue weighted by molar-refractivity contribution is -0.115. The number of sulfonamides is 1. The van der Waals surface area contributed by atoms with Crippen LogP contribution < -0.4 is 5.32 Å². The molecule has 1 aromatic rings. The quantitative estimate of drug-likeness (QED) is 0.906. The summed E-state index contributed by atoms with van der Waals surface area (Å²) in [6.07, 6.45) is 1.32. The molecule has 1 aromatic carbocycles. The molecule has 2 heterocycles. The normalized spacial score (nSPS) is 26.5. The second kappa shape index (κ2) is 5.10. The fraction of sp³-hybridized carbons (Fsp3) is 0.533. The fourth-order valence-corrected chi connectivity index (χ4v) is 5.05. The van der Waals surface area contributed by atoms with Crippen LogP contribution in [0, 0.1) is 11.8 Å². The number of carbonyl (C=O) groups is 1. The molecule has 3 rings (SSSR count). The average Bonchev–Trinajstić information content (AvgIpc) is 2.76. The number of rotatable bonds is 2. The summed E-state index contributed by atoms with van der Waals surface area (Å²) in [5, 5.41) is 2.72. The number of benzene rings is 1. The largest absolute Gasteiger partial charge is 0.326 e. The number of amides is 1. The van der Waals surface area contributed by atoms with Crippen molar-refractivity contribution in [1.82, 2.24) is 4.31 Å². The zero-order valence-electron chi connectivity index (χ0n) is 12.3. The van der Waals surface area contributed by atoms with Crippen molar-refractivity contribution in [2.24, 2.45) is 11.8 Å². The zero-order valence-corrected chi connectivity index (χ0v) is 13.1. The van der Waals surface area contributed by atoms with Gasteiger partial charge in [0.15, 0.2) is 0 Å². The highest BCUT2D eigenvalue weighted by molar-refractivity contribution is 7.89. The van der Waals surface area contributed by atoms with Crippen LogP contribution in [0.25, 0.3) is 0 Å². The van der Waals surface area contributed by atoms with E-state index in [9.17, 15) is 13.2 Å². The highest BCUT2D eigenvalue weighted by atomic mass is 32.2. The van der Waals surface area contributed by atoms with E-state index in [4.69, 9.17) is 0 Å². The molecule has 0 spiro atoms. The number of carbonyl (C=O) groups excluding carboxylic acids is 1. The Kier molecular flexibility index (Phi) is 3.53. The van der Waals surface area contributed by atoms with E-state index in [1.165, 1.54) is 0 Å². The van der Waals surface area contributed by atoms with Crippen LogP contribution in [-0.2, 0) is 21.2 Å². The van der Waals surface area contributed by atoms with E-state index in [1.807, 2.05) is 0 Å². The van der Waals surface area contributed by atoms with E-state index in [2.05, 4.69) is 19.2 Å². The second-order valence-electron chi connectivity index (χ2n) is 6.31. The molecule has 1 fully saturated rings. The van der Waals surface area contributed by atoms with Gasteiger partial charge in [0.1, 0.15) is 0 Å². The second-order valence-corrected chi connectivity index (χ2v) is 8.25. The lowest BCUT2D eigenvalue weighted by atomic mass is 9.94. The lowest BCUT2D eigenvalue weighted by Gasteiger charge is -2.34. The number of nitrogens with one attached hydrogen (secondary N) is 1. The Bertz CT molecular complexity index is 674. The first-order valence-electron chi connectivity index (χ1n) is 7.29. The van der Waals surface area contributed by atoms with Crippen molar-refractivity contribution in [3.63, 3.8) is 0 Å². The van der Waals surface area contributed by atoms with Gasteiger partial charge in [0.05, 0.1) is 11.3 Å². The Morgan fingerprint density at radius 3 is 2.52 bits per heavy atom. The highest BCUT2D eigenvalue weighted by Gasteiger charge is 2.32. The Hall–Kier alpha value is -1.40. The van der Waals surface area contributed by atoms with E-state index < -0.39 is 10.0 Å². The average molecular weight is 308 g/mol. The first-order valence-corrected chi connectivity index (χ1v) is 8.73. The number of piperidine rings is 1. The van der Waals surface area contributed by atoms with Crippen molar-refractivity contribution in [2.45, 2.75) is 31.6 Å². The van der Waals surface area contributed by atoms with Gasteiger partial charge in [-0.05, 0) is 42.0 Å². The number of fused-ring (bicyclic) bond motifs is 1. The van der Waals surface area contributed by atoms with E-state index in [-0.39, 0.29) is 12.3 Å². The third kappa shape index (κ3) is 2.70. The predicted molar refractivity (Wildman–Crippen MR) is 80.5 cm³/mol. The van der Waals surface area contributed by atoms with Gasteiger partial charge in [0, 0.05) is 18.8 Å². The summed E-state index contributed by atoms with van der Waals surface area (Å²) < 4.78 is 27.1. The minimum Gasteiger partial charge on any atom is -0.326 e. The van der Waals surface area contributed by atoms with Gasteiger partial charge >= 0.3 is 0 Å². The monoisotopic (exact) mass is 308 g/mol. The van der Waals surface area contributed by atoms with Gasteiger partial charge in [-0.25, -0.2) is 8.42 Å². The molecule has 1 saturated heterocycles. The molecule has 2 aliphatic heterocycles. The third-order valence-electron chi connectivity index (χ3n) is 4.17. The van der Waals surface area contributed by atoms with Gasteiger partial charge < -0.3 is 5.32 Å². The molecule has 1 amide bonds. The molecular formula is C15H20N2O3S. The van der Waals surface area contributed by atoms with Gasteiger partial charge in [-0.3, -0.25) is 4.79 Å². The number of anilines is 1. The third-order valence-corrected chi connectivity index (χ3v) is 6.00. The standard InChI is InChI=1S/C15H20N2O3S/c1-10-5-11(2)9-17(8-10)21(19,20)13-3-4-14-12(6-13)7-15(18)16-14/h3-4,6,10-11H,5,7-9H2,1-2H3,(H,16,18)/t10-,11-/m1/s1. The van der Waals surface area contributed by atoms with Crippen molar-refractivity contribution in [2.75, 3.05) is 18.4 Å². The predicted octanol–water partition coefficient (Wildman–Crippen LogP) is 1.85. The maximum atomic E-state index is 12.8. The van der Waals surface area contributed by atoms with Crippen molar-refractivity contribution >= 4 is 21.6 Å². The van der Waals surface area contributed by atoms with Crippen LogP contribution in [0.15, 0.2) is 23.1 Å². The molecule has 0 aliphatic carbocycles. The first kappa shape index (κ1) is 14.5. The molecule has 0 aromatic heterocycles. The Morgan fingerprint density at radius 2 is 1.86 bits per heavy atom. The van der Waals surface area contributed by atoms with Gasteiger partial charge in [-0.15, -0.1) is 0 Å². The van der Waals surface area contributed by atoms with Crippen LogP contribution in [0.1, 0.15) is 25.8 Å². The molecule has 114 valence electrons. The first-order chi connectivity index (χ1) is 9.86. The summed E-state index contributed by atoms with van der Waals surface area (Å²) >= 11 is 0. The molecule has 5 nitrogen and oxygen atoms in total. The number of hydrogen-bond donors (Lipinski definition) is 1. The van der Waals surface area contributed by atoms with Crippen molar-refractivity contribution in [1.29, 1.82) is 0 Å². The molecular weight excluding hydrogens is 288 g/mol. The Morgan fingerprint density at radius 1 is 1.19 bits per heavy atom. The molecule has 0 saturated carbocycles. The van der Waals surface area contributed by atoms with E-state index in [1.54, 1.807) is 22.5 Å². The van der Waals surface area contributed by atoms with Gasteiger partial charge in [0.2, 0.25) is 15.9 Å². The van der Waals surface area contributed by atoms with Gasteiger partial charge in [0.25, 0.3) is 0 Å². The van der Waals surface area contributed by atoms with E-state index >= 15 is 0 Å². The summed E-state index contributed by atoms with van der Waals surface area (Å²) in [5.41, 5.74) is 1.48. The van der Waals surface area contributed by atoms with Gasteiger partial charge in [-0.1, -0.05) is 13.8 Å². The maximum Gasteiger partial charge on any atom is 0.243 e. The molecule has 0 bridgehead atoms. The summed E-state index contributed by atoms with van der Waals surface area (Å²) in [7, 11) is -3.47. The van der Waals surface area contributed by atoms with E-state index in [0.717, 1.165) is 17.7 Å². The van der Waals surface area contributed by atoms with Gasteiger partial charge in [-0.2, -0.15) is 4.31 Å². The smallest absolute Gasteiger partial charge is 0.243 e. The number of hydrogen-bond acceptors (Lipinski definition) is 3. The SMILES string of the molecule is C[C@@H]1C[C@@H](C)CN(S(=O)(=O)c2ccc3c(c2)CC(=O)N3)C1. The summed E-state index contributed by atoms with van der Waals surface area (Å²) in [4.78, 5) is 11.7. The Labute approximate surface area is 125 Å².